The first-order valence-electron chi connectivity index (χ1n) is 7.52. The summed E-state index contributed by atoms with van der Waals surface area (Å²) < 4.78 is 5.94. The number of aromatic nitrogens is 1. The molecule has 114 valence electrons. The molecule has 5 heteroatoms. The van der Waals surface area contributed by atoms with Gasteiger partial charge in [0.15, 0.2) is 0 Å². The number of rotatable bonds is 6. The van der Waals surface area contributed by atoms with Crippen molar-refractivity contribution in [2.45, 2.75) is 58.9 Å². The van der Waals surface area contributed by atoms with Gasteiger partial charge in [-0.3, -0.25) is 4.90 Å². The molecule has 1 fully saturated rings. The summed E-state index contributed by atoms with van der Waals surface area (Å²) in [4.78, 5) is 7.17. The van der Waals surface area contributed by atoms with Crippen LogP contribution in [0.15, 0.2) is 5.38 Å². The maximum absolute atomic E-state index is 5.94. The van der Waals surface area contributed by atoms with Crippen molar-refractivity contribution < 1.29 is 4.74 Å². The van der Waals surface area contributed by atoms with E-state index in [-0.39, 0.29) is 5.60 Å². The van der Waals surface area contributed by atoms with Crippen molar-refractivity contribution in [3.8, 4) is 0 Å². The molecule has 0 radical (unpaired) electrons. The quantitative estimate of drug-likeness (QED) is 0.819. The predicted octanol–water partition coefficient (Wildman–Crippen LogP) is 2.64. The normalized spacial score (nSPS) is 23.1. The summed E-state index contributed by atoms with van der Waals surface area (Å²) in [6.45, 7) is 13.5. The summed E-state index contributed by atoms with van der Waals surface area (Å²) in [7, 11) is 0. The number of nitrogens with one attached hydrogen (secondary N) is 1. The van der Waals surface area contributed by atoms with Crippen molar-refractivity contribution in [3.63, 3.8) is 0 Å². The minimum absolute atomic E-state index is 0.0563. The number of ether oxygens (including phenoxy) is 1. The molecule has 1 atom stereocenters. The first-order valence-corrected chi connectivity index (χ1v) is 8.40. The van der Waals surface area contributed by atoms with Crippen LogP contribution in [0.2, 0.25) is 0 Å². The lowest BCUT2D eigenvalue weighted by Gasteiger charge is -2.41. The van der Waals surface area contributed by atoms with Gasteiger partial charge in [0.2, 0.25) is 0 Å². The fourth-order valence-electron chi connectivity index (χ4n) is 2.81. The van der Waals surface area contributed by atoms with E-state index in [4.69, 9.17) is 9.72 Å². The maximum Gasteiger partial charge on any atom is 0.107 e. The Morgan fingerprint density at radius 1 is 1.55 bits per heavy atom. The van der Waals surface area contributed by atoms with E-state index in [1.54, 1.807) is 11.3 Å². The van der Waals surface area contributed by atoms with Gasteiger partial charge in [-0.05, 0) is 33.7 Å². The van der Waals surface area contributed by atoms with E-state index in [1.165, 1.54) is 17.1 Å². The van der Waals surface area contributed by atoms with E-state index in [0.717, 1.165) is 32.7 Å². The molecule has 2 rings (SSSR count). The maximum atomic E-state index is 5.94. The average Bonchev–Trinajstić information content (AvgIpc) is 2.74. The second-order valence-corrected chi connectivity index (χ2v) is 7.21. The number of hydrogen-bond donors (Lipinski definition) is 1. The molecule has 1 aromatic heterocycles. The molecular weight excluding hydrogens is 270 g/mol. The largest absolute Gasteiger partial charge is 0.370 e. The highest BCUT2D eigenvalue weighted by Crippen LogP contribution is 2.22. The highest BCUT2D eigenvalue weighted by atomic mass is 32.1. The van der Waals surface area contributed by atoms with Crippen LogP contribution in [0.3, 0.4) is 0 Å². The molecular formula is C15H27N3OS. The fourth-order valence-corrected chi connectivity index (χ4v) is 3.56. The highest BCUT2D eigenvalue weighted by Gasteiger charge is 2.31. The predicted molar refractivity (Wildman–Crippen MR) is 84.0 cm³/mol. The molecule has 1 unspecified atom stereocenters. The fraction of sp³-hybridized carbons (Fsp3) is 0.800. The Hall–Kier alpha value is -0.490. The Balaban J connectivity index is 1.86. The van der Waals surface area contributed by atoms with Crippen molar-refractivity contribution in [1.29, 1.82) is 0 Å². The zero-order valence-electron chi connectivity index (χ0n) is 13.1. The number of morpholine rings is 1. The molecule has 0 aromatic carbocycles. The van der Waals surface area contributed by atoms with Crippen LogP contribution in [0.5, 0.6) is 0 Å². The lowest BCUT2D eigenvalue weighted by molar-refractivity contribution is -0.130. The highest BCUT2D eigenvalue weighted by molar-refractivity contribution is 7.09. The van der Waals surface area contributed by atoms with Gasteiger partial charge in [0.1, 0.15) is 5.01 Å². The Labute approximate surface area is 126 Å². The van der Waals surface area contributed by atoms with Crippen molar-refractivity contribution >= 4 is 11.3 Å². The van der Waals surface area contributed by atoms with Gasteiger partial charge in [0.25, 0.3) is 0 Å². The van der Waals surface area contributed by atoms with Crippen LogP contribution in [0.4, 0.5) is 0 Å². The van der Waals surface area contributed by atoms with E-state index < -0.39 is 0 Å². The van der Waals surface area contributed by atoms with Crippen LogP contribution in [-0.2, 0) is 17.8 Å². The second-order valence-electron chi connectivity index (χ2n) is 6.27. The minimum Gasteiger partial charge on any atom is -0.370 e. The zero-order chi connectivity index (χ0) is 14.6. The molecule has 1 aliphatic rings. The summed E-state index contributed by atoms with van der Waals surface area (Å²) in [5.74, 6) is 0. The van der Waals surface area contributed by atoms with Gasteiger partial charge in [-0.1, -0.05) is 6.92 Å². The topological polar surface area (TPSA) is 37.4 Å². The third kappa shape index (κ3) is 4.81. The Bertz CT molecular complexity index is 419. The van der Waals surface area contributed by atoms with E-state index in [9.17, 15) is 0 Å². The Kier molecular flexibility index (Phi) is 5.55. The molecule has 1 saturated heterocycles. The molecule has 1 aliphatic heterocycles. The zero-order valence-corrected chi connectivity index (χ0v) is 13.9. The van der Waals surface area contributed by atoms with Gasteiger partial charge in [0, 0.05) is 31.6 Å². The van der Waals surface area contributed by atoms with Crippen LogP contribution < -0.4 is 5.32 Å². The van der Waals surface area contributed by atoms with Crippen molar-refractivity contribution in [2.75, 3.05) is 19.6 Å². The minimum atomic E-state index is -0.0563. The number of nitrogens with zero attached hydrogens (tertiary/aromatic N) is 2. The first-order chi connectivity index (χ1) is 9.48. The standard InChI is InChI=1S/C15H27N3OS/c1-5-6-16-7-14-17-13(10-20-14)9-18-8-12(2)19-15(3,4)11-18/h10,12,16H,5-9,11H2,1-4H3. The van der Waals surface area contributed by atoms with E-state index in [2.05, 4.69) is 43.3 Å². The monoisotopic (exact) mass is 297 g/mol. The third-order valence-electron chi connectivity index (χ3n) is 3.33. The molecule has 0 saturated carbocycles. The summed E-state index contributed by atoms with van der Waals surface area (Å²) >= 11 is 1.76. The van der Waals surface area contributed by atoms with Crippen LogP contribution in [0.25, 0.3) is 0 Å². The number of hydrogen-bond acceptors (Lipinski definition) is 5. The first kappa shape index (κ1) is 15.9. The summed E-state index contributed by atoms with van der Waals surface area (Å²) in [5.41, 5.74) is 1.13. The molecule has 0 aliphatic carbocycles. The molecule has 2 heterocycles. The Morgan fingerprint density at radius 2 is 2.35 bits per heavy atom. The molecule has 1 aromatic rings. The van der Waals surface area contributed by atoms with Gasteiger partial charge in [0.05, 0.1) is 17.4 Å². The summed E-state index contributed by atoms with van der Waals surface area (Å²) in [5, 5.41) is 6.78. The van der Waals surface area contributed by atoms with E-state index in [1.807, 2.05) is 0 Å². The van der Waals surface area contributed by atoms with E-state index >= 15 is 0 Å². The number of thiazole rings is 1. The molecule has 0 spiro atoms. The Morgan fingerprint density at radius 3 is 3.05 bits per heavy atom. The van der Waals surface area contributed by atoms with Crippen molar-refractivity contribution in [1.82, 2.24) is 15.2 Å². The van der Waals surface area contributed by atoms with Crippen LogP contribution in [0, 0.1) is 0 Å². The summed E-state index contributed by atoms with van der Waals surface area (Å²) in [6, 6.07) is 0. The van der Waals surface area contributed by atoms with Gasteiger partial charge >= 0.3 is 0 Å². The molecule has 1 N–H and O–H groups in total. The SMILES string of the molecule is CCCNCc1nc(CN2CC(C)OC(C)(C)C2)cs1. The molecule has 20 heavy (non-hydrogen) atoms. The lowest BCUT2D eigenvalue weighted by atomic mass is 10.1. The molecule has 4 nitrogen and oxygen atoms in total. The van der Waals surface area contributed by atoms with Gasteiger partial charge in [-0.15, -0.1) is 11.3 Å². The molecule has 0 amide bonds. The van der Waals surface area contributed by atoms with Crippen LogP contribution in [0.1, 0.15) is 44.8 Å². The van der Waals surface area contributed by atoms with Crippen LogP contribution in [-0.4, -0.2) is 41.2 Å². The van der Waals surface area contributed by atoms with Crippen molar-refractivity contribution in [2.24, 2.45) is 0 Å². The van der Waals surface area contributed by atoms with Crippen molar-refractivity contribution in [3.05, 3.63) is 16.1 Å². The summed E-state index contributed by atoms with van der Waals surface area (Å²) in [6.07, 6.45) is 1.46. The molecule has 0 bridgehead atoms. The van der Waals surface area contributed by atoms with Gasteiger partial charge < -0.3 is 10.1 Å². The average molecular weight is 297 g/mol. The lowest BCUT2D eigenvalue weighted by Crippen LogP contribution is -2.51. The van der Waals surface area contributed by atoms with E-state index in [0.29, 0.717) is 6.10 Å². The third-order valence-corrected chi connectivity index (χ3v) is 4.23. The second kappa shape index (κ2) is 6.98. The smallest absolute Gasteiger partial charge is 0.107 e. The van der Waals surface area contributed by atoms with Gasteiger partial charge in [-0.2, -0.15) is 0 Å². The van der Waals surface area contributed by atoms with Gasteiger partial charge in [-0.25, -0.2) is 4.98 Å². The van der Waals surface area contributed by atoms with Crippen LogP contribution >= 0.6 is 11.3 Å².